The first-order valence-electron chi connectivity index (χ1n) is 12.1. The summed E-state index contributed by atoms with van der Waals surface area (Å²) in [6.45, 7) is 15.7. The zero-order chi connectivity index (χ0) is 25.5. The zero-order valence-electron chi connectivity index (χ0n) is 20.9. The van der Waals surface area contributed by atoms with E-state index in [0.29, 0.717) is 36.8 Å². The van der Waals surface area contributed by atoms with Crippen LogP contribution in [0.2, 0.25) is 0 Å². The molecule has 35 heavy (non-hydrogen) atoms. The lowest BCUT2D eigenvalue weighted by Gasteiger charge is -2.34. The molecule has 1 heterocycles. The molecule has 1 N–H and O–H groups in total. The van der Waals surface area contributed by atoms with Crippen molar-refractivity contribution >= 4 is 41.2 Å². The Morgan fingerprint density at radius 2 is 1.80 bits per heavy atom. The van der Waals surface area contributed by atoms with Gasteiger partial charge in [0.15, 0.2) is 0 Å². The van der Waals surface area contributed by atoms with Crippen LogP contribution in [-0.4, -0.2) is 53.7 Å². The highest BCUT2D eigenvalue weighted by Gasteiger charge is 2.27. The number of benzene rings is 1. The highest BCUT2D eigenvalue weighted by atomic mass is 32.2. The van der Waals surface area contributed by atoms with Crippen molar-refractivity contribution in [3.05, 3.63) is 63.4 Å². The van der Waals surface area contributed by atoms with E-state index in [1.54, 1.807) is 16.7 Å². The summed E-state index contributed by atoms with van der Waals surface area (Å²) < 4.78 is 0.992. The molecular weight excluding hydrogens is 478 g/mol. The van der Waals surface area contributed by atoms with Crippen molar-refractivity contribution < 1.29 is 14.4 Å². The number of rotatable bonds is 9. The summed E-state index contributed by atoms with van der Waals surface area (Å²) in [4.78, 5) is 42.1. The van der Waals surface area contributed by atoms with Crippen molar-refractivity contribution in [2.45, 2.75) is 51.3 Å². The number of allylic oxidation sites excluding steroid dienone is 1. The number of carbonyl (C=O) groups excluding carboxylic acids is 3. The van der Waals surface area contributed by atoms with Crippen molar-refractivity contribution in [1.82, 2.24) is 15.1 Å². The van der Waals surface area contributed by atoms with E-state index in [0.717, 1.165) is 45.9 Å². The molecule has 0 bridgehead atoms. The second kappa shape index (κ2) is 12.5. The molecule has 6 nitrogen and oxygen atoms in total. The summed E-state index contributed by atoms with van der Waals surface area (Å²) in [6, 6.07) is 4.08. The molecule has 1 aliphatic heterocycles. The van der Waals surface area contributed by atoms with Crippen LogP contribution < -0.4 is 5.32 Å². The number of aryl methyl sites for hydroxylation is 2. The Balaban J connectivity index is 1.70. The number of hydrogen-bond donors (Lipinski definition) is 1. The summed E-state index contributed by atoms with van der Waals surface area (Å²) in [6.07, 6.45) is 7.10. The van der Waals surface area contributed by atoms with Crippen LogP contribution in [0.4, 0.5) is 0 Å². The normalized spacial score (nSPS) is 16.5. The molecule has 0 unspecified atom stereocenters. The molecule has 188 valence electrons. The molecule has 0 aromatic heterocycles. The van der Waals surface area contributed by atoms with Gasteiger partial charge < -0.3 is 15.1 Å². The Morgan fingerprint density at radius 3 is 2.34 bits per heavy atom. The van der Waals surface area contributed by atoms with Crippen LogP contribution in [0, 0.1) is 12.8 Å². The maximum atomic E-state index is 13.5. The SMILES string of the molecule is C=CC(=O)N1CCN(C(=O)c2cc(S/C(=C/C)SC(=C)NC(=O)C3CCC3)c(C)cc2CC)CC1. The van der Waals surface area contributed by atoms with Gasteiger partial charge in [-0.2, -0.15) is 0 Å². The number of amides is 3. The Hall–Kier alpha value is -2.45. The number of piperazine rings is 1. The summed E-state index contributed by atoms with van der Waals surface area (Å²) in [5.41, 5.74) is 2.84. The third kappa shape index (κ3) is 6.82. The lowest BCUT2D eigenvalue weighted by Crippen LogP contribution is -2.50. The molecule has 0 atom stereocenters. The molecule has 0 spiro atoms. The predicted octanol–water partition coefficient (Wildman–Crippen LogP) is 5.10. The molecule has 2 fully saturated rings. The van der Waals surface area contributed by atoms with Crippen LogP contribution in [0.3, 0.4) is 0 Å². The van der Waals surface area contributed by atoms with Crippen molar-refractivity contribution in [3.8, 4) is 0 Å². The molecule has 1 aliphatic carbocycles. The Bertz CT molecular complexity index is 1040. The molecule has 1 saturated carbocycles. The van der Waals surface area contributed by atoms with Gasteiger partial charge in [0, 0.05) is 46.8 Å². The average molecular weight is 514 g/mol. The Labute approximate surface area is 217 Å². The number of nitrogens with one attached hydrogen (secondary N) is 1. The van der Waals surface area contributed by atoms with Crippen LogP contribution in [0.25, 0.3) is 0 Å². The lowest BCUT2D eigenvalue weighted by molar-refractivity contribution is -0.127. The second-order valence-electron chi connectivity index (χ2n) is 8.80. The van der Waals surface area contributed by atoms with Gasteiger partial charge in [0.25, 0.3) is 5.91 Å². The predicted molar refractivity (Wildman–Crippen MR) is 145 cm³/mol. The van der Waals surface area contributed by atoms with Gasteiger partial charge in [-0.1, -0.05) is 62.2 Å². The van der Waals surface area contributed by atoms with Gasteiger partial charge in [-0.05, 0) is 56.4 Å². The quantitative estimate of drug-likeness (QED) is 0.367. The van der Waals surface area contributed by atoms with Crippen LogP contribution in [-0.2, 0) is 16.0 Å². The van der Waals surface area contributed by atoms with Gasteiger partial charge in [0.05, 0.1) is 5.03 Å². The van der Waals surface area contributed by atoms with Crippen molar-refractivity contribution in [2.24, 2.45) is 5.92 Å². The second-order valence-corrected chi connectivity index (χ2v) is 11.3. The number of carbonyl (C=O) groups is 3. The van der Waals surface area contributed by atoms with Crippen molar-refractivity contribution in [2.75, 3.05) is 26.2 Å². The third-order valence-electron chi connectivity index (χ3n) is 6.47. The zero-order valence-corrected chi connectivity index (χ0v) is 22.5. The summed E-state index contributed by atoms with van der Waals surface area (Å²) >= 11 is 3.02. The first-order chi connectivity index (χ1) is 16.8. The summed E-state index contributed by atoms with van der Waals surface area (Å²) in [7, 11) is 0. The van der Waals surface area contributed by atoms with E-state index in [-0.39, 0.29) is 23.6 Å². The molecule has 0 radical (unpaired) electrons. The summed E-state index contributed by atoms with van der Waals surface area (Å²) in [5, 5.41) is 3.55. The molecule has 1 aromatic rings. The van der Waals surface area contributed by atoms with E-state index in [2.05, 4.69) is 38.4 Å². The van der Waals surface area contributed by atoms with E-state index >= 15 is 0 Å². The topological polar surface area (TPSA) is 69.7 Å². The van der Waals surface area contributed by atoms with E-state index in [9.17, 15) is 14.4 Å². The fourth-order valence-electron chi connectivity index (χ4n) is 4.08. The molecule has 1 saturated heterocycles. The average Bonchev–Trinajstić information content (AvgIpc) is 2.82. The van der Waals surface area contributed by atoms with Gasteiger partial charge >= 0.3 is 0 Å². The largest absolute Gasteiger partial charge is 0.336 e. The van der Waals surface area contributed by atoms with Gasteiger partial charge in [-0.3, -0.25) is 14.4 Å². The molecule has 8 heteroatoms. The minimum absolute atomic E-state index is 0.00116. The number of hydrogen-bond acceptors (Lipinski definition) is 5. The fraction of sp³-hybridized carbons (Fsp3) is 0.444. The van der Waals surface area contributed by atoms with Crippen molar-refractivity contribution in [1.29, 1.82) is 0 Å². The first kappa shape index (κ1) is 27.1. The Kier molecular flexibility index (Phi) is 9.69. The molecule has 3 amide bonds. The Morgan fingerprint density at radius 1 is 1.14 bits per heavy atom. The van der Waals surface area contributed by atoms with Gasteiger partial charge in [-0.25, -0.2) is 0 Å². The van der Waals surface area contributed by atoms with Crippen molar-refractivity contribution in [3.63, 3.8) is 0 Å². The van der Waals surface area contributed by atoms with Crippen LogP contribution in [0.5, 0.6) is 0 Å². The number of nitrogens with zero attached hydrogens (tertiary/aromatic N) is 2. The molecule has 1 aromatic carbocycles. The van der Waals surface area contributed by atoms with E-state index in [4.69, 9.17) is 0 Å². The monoisotopic (exact) mass is 513 g/mol. The van der Waals surface area contributed by atoms with Crippen LogP contribution in [0.15, 0.2) is 51.6 Å². The highest BCUT2D eigenvalue weighted by molar-refractivity contribution is 8.24. The molecular formula is C27H35N3O3S2. The molecule has 2 aliphatic rings. The van der Waals surface area contributed by atoms with Crippen LogP contribution in [0.1, 0.15) is 54.6 Å². The van der Waals surface area contributed by atoms with E-state index in [1.165, 1.54) is 17.8 Å². The highest BCUT2D eigenvalue weighted by Crippen LogP contribution is 2.40. The third-order valence-corrected chi connectivity index (χ3v) is 8.86. The van der Waals surface area contributed by atoms with Gasteiger partial charge in [-0.15, -0.1) is 0 Å². The maximum Gasteiger partial charge on any atom is 0.254 e. The minimum Gasteiger partial charge on any atom is -0.336 e. The van der Waals surface area contributed by atoms with Crippen LogP contribution >= 0.6 is 23.5 Å². The first-order valence-corrected chi connectivity index (χ1v) is 13.8. The van der Waals surface area contributed by atoms with E-state index in [1.807, 2.05) is 24.0 Å². The maximum absolute atomic E-state index is 13.5. The standard InChI is InChI=1S/C27H35N3O3S2/c1-6-20-16-18(4)23(35-25(8-3)34-19(5)28-26(32)21-10-9-11-21)17-22(20)27(33)30-14-12-29(13-15-30)24(31)7-2/h7-8,16-17,21H,2,5-6,9-15H2,1,3-4H3,(H,28,32)/b25-8+. The number of thioether (sulfide) groups is 2. The lowest BCUT2D eigenvalue weighted by atomic mass is 9.85. The summed E-state index contributed by atoms with van der Waals surface area (Å²) in [5.74, 6) is 0.0761. The van der Waals surface area contributed by atoms with Gasteiger partial charge in [0.2, 0.25) is 11.8 Å². The van der Waals surface area contributed by atoms with Gasteiger partial charge in [0.1, 0.15) is 0 Å². The fourth-order valence-corrected chi connectivity index (χ4v) is 6.06. The van der Waals surface area contributed by atoms with E-state index < -0.39 is 0 Å². The molecule has 3 rings (SSSR count). The smallest absolute Gasteiger partial charge is 0.254 e. The minimum atomic E-state index is -0.0952.